The number of urea groups is 1. The van der Waals surface area contributed by atoms with Crippen LogP contribution in [0.5, 0.6) is 0 Å². The van der Waals surface area contributed by atoms with Crippen molar-refractivity contribution >= 4 is 23.3 Å². The van der Waals surface area contributed by atoms with Crippen molar-refractivity contribution in [1.82, 2.24) is 15.1 Å². The van der Waals surface area contributed by atoms with E-state index in [4.69, 9.17) is 0 Å². The van der Waals surface area contributed by atoms with E-state index < -0.39 is 0 Å². The van der Waals surface area contributed by atoms with E-state index in [1.165, 1.54) is 5.56 Å². The van der Waals surface area contributed by atoms with Gasteiger partial charge in [-0.15, -0.1) is 0 Å². The molecule has 1 N–H and O–H groups in total. The molecule has 6 heteroatoms. The van der Waals surface area contributed by atoms with E-state index in [0.29, 0.717) is 30.8 Å². The molecule has 0 radical (unpaired) electrons. The van der Waals surface area contributed by atoms with Crippen LogP contribution in [-0.4, -0.2) is 54.0 Å². The second-order valence-corrected chi connectivity index (χ2v) is 7.69. The summed E-state index contributed by atoms with van der Waals surface area (Å²) in [5.41, 5.74) is 1.28. The first-order valence-corrected chi connectivity index (χ1v) is 9.94. The molecule has 0 saturated carbocycles. The summed E-state index contributed by atoms with van der Waals surface area (Å²) < 4.78 is 0. The van der Waals surface area contributed by atoms with Crippen molar-refractivity contribution in [2.45, 2.75) is 51.0 Å². The van der Waals surface area contributed by atoms with Crippen LogP contribution in [0.2, 0.25) is 0 Å². The number of carbonyl (C=O) groups excluding carboxylic acids is 2. The molecule has 5 nitrogen and oxygen atoms in total. The van der Waals surface area contributed by atoms with Gasteiger partial charge in [-0.2, -0.15) is 11.3 Å². The van der Waals surface area contributed by atoms with Crippen LogP contribution < -0.4 is 5.32 Å². The lowest BCUT2D eigenvalue weighted by molar-refractivity contribution is -0.136. The molecular weight excluding hydrogens is 322 g/mol. The Morgan fingerprint density at radius 3 is 2.79 bits per heavy atom. The molecule has 24 heavy (non-hydrogen) atoms. The smallest absolute Gasteiger partial charge is 0.317 e. The molecule has 1 unspecified atom stereocenters. The van der Waals surface area contributed by atoms with Crippen molar-refractivity contribution in [3.63, 3.8) is 0 Å². The van der Waals surface area contributed by atoms with Crippen LogP contribution in [-0.2, 0) is 4.79 Å². The Kier molecular flexibility index (Phi) is 5.76. The Morgan fingerprint density at radius 1 is 1.33 bits per heavy atom. The van der Waals surface area contributed by atoms with Crippen molar-refractivity contribution in [2.75, 3.05) is 26.2 Å². The van der Waals surface area contributed by atoms with Crippen LogP contribution in [0.1, 0.15) is 50.5 Å². The summed E-state index contributed by atoms with van der Waals surface area (Å²) in [6.45, 7) is 5.19. The van der Waals surface area contributed by atoms with Gasteiger partial charge in [0.1, 0.15) is 0 Å². The maximum absolute atomic E-state index is 12.4. The fourth-order valence-electron chi connectivity index (χ4n) is 3.62. The van der Waals surface area contributed by atoms with Gasteiger partial charge in [-0.05, 0) is 54.0 Å². The zero-order chi connectivity index (χ0) is 16.9. The molecular formula is C18H27N3O2S. The van der Waals surface area contributed by atoms with Crippen LogP contribution in [0.3, 0.4) is 0 Å². The molecule has 0 bridgehead atoms. The van der Waals surface area contributed by atoms with E-state index in [-0.39, 0.29) is 6.03 Å². The Bertz CT molecular complexity index is 553. The first-order valence-electron chi connectivity index (χ1n) is 8.99. The molecule has 2 fully saturated rings. The third-order valence-corrected chi connectivity index (χ3v) is 5.93. The van der Waals surface area contributed by atoms with Gasteiger partial charge in [0.15, 0.2) is 0 Å². The summed E-state index contributed by atoms with van der Waals surface area (Å²) in [5, 5.41) is 7.26. The van der Waals surface area contributed by atoms with E-state index in [1.54, 1.807) is 11.3 Å². The molecule has 3 amide bonds. The number of amides is 3. The predicted octanol–water partition coefficient (Wildman–Crippen LogP) is 3.04. The van der Waals surface area contributed by atoms with Crippen LogP contribution in [0, 0.1) is 0 Å². The van der Waals surface area contributed by atoms with E-state index >= 15 is 0 Å². The van der Waals surface area contributed by atoms with Crippen molar-refractivity contribution in [2.24, 2.45) is 0 Å². The number of piperidine rings is 2. The minimum atomic E-state index is 0.0282. The summed E-state index contributed by atoms with van der Waals surface area (Å²) in [4.78, 5) is 28.3. The number of nitrogens with one attached hydrogen (secondary N) is 1. The third kappa shape index (κ3) is 4.09. The van der Waals surface area contributed by atoms with E-state index in [1.807, 2.05) is 4.90 Å². The first kappa shape index (κ1) is 17.3. The van der Waals surface area contributed by atoms with Crippen LogP contribution >= 0.6 is 11.3 Å². The number of rotatable bonds is 4. The minimum Gasteiger partial charge on any atom is -0.340 e. The number of hydrogen-bond donors (Lipinski definition) is 1. The monoisotopic (exact) mass is 349 g/mol. The normalized spacial score (nSPS) is 21.0. The van der Waals surface area contributed by atoms with Gasteiger partial charge in [-0.25, -0.2) is 4.79 Å². The lowest BCUT2D eigenvalue weighted by atomic mass is 9.99. The van der Waals surface area contributed by atoms with Gasteiger partial charge >= 0.3 is 6.03 Å². The second-order valence-electron chi connectivity index (χ2n) is 6.91. The minimum absolute atomic E-state index is 0.0282. The fraction of sp³-hybridized carbons (Fsp3) is 0.667. The average molecular weight is 350 g/mol. The topological polar surface area (TPSA) is 52.7 Å². The van der Waals surface area contributed by atoms with Gasteiger partial charge in [-0.1, -0.05) is 6.92 Å². The Hall–Kier alpha value is -1.56. The number of thiophene rings is 1. The number of nitrogens with zero attached hydrogens (tertiary/aromatic N) is 2. The SMILES string of the molecule is CC(CNC(=O)N1CCC(N2CCCCC2=O)CC1)c1ccsc1. The summed E-state index contributed by atoms with van der Waals surface area (Å²) in [6, 6.07) is 2.47. The highest BCUT2D eigenvalue weighted by Crippen LogP contribution is 2.22. The summed E-state index contributed by atoms with van der Waals surface area (Å²) >= 11 is 1.69. The molecule has 1 aromatic rings. The molecule has 0 aliphatic carbocycles. The first-order chi connectivity index (χ1) is 11.6. The molecule has 0 spiro atoms. The van der Waals surface area contributed by atoms with E-state index in [0.717, 1.165) is 45.3 Å². The largest absolute Gasteiger partial charge is 0.340 e. The molecule has 2 aliphatic heterocycles. The van der Waals surface area contributed by atoms with Crippen molar-refractivity contribution in [3.8, 4) is 0 Å². The van der Waals surface area contributed by atoms with Gasteiger partial charge in [0.2, 0.25) is 5.91 Å². The van der Waals surface area contributed by atoms with Crippen LogP contribution in [0.15, 0.2) is 16.8 Å². The number of likely N-dealkylation sites (tertiary alicyclic amines) is 2. The quantitative estimate of drug-likeness (QED) is 0.908. The van der Waals surface area contributed by atoms with Gasteiger partial charge in [0, 0.05) is 38.6 Å². The number of hydrogen-bond acceptors (Lipinski definition) is 3. The number of carbonyl (C=O) groups is 2. The molecule has 3 rings (SSSR count). The highest BCUT2D eigenvalue weighted by Gasteiger charge is 2.30. The third-order valence-electron chi connectivity index (χ3n) is 5.22. The lowest BCUT2D eigenvalue weighted by Crippen LogP contribution is -2.52. The summed E-state index contributed by atoms with van der Waals surface area (Å²) in [5.74, 6) is 0.637. The second kappa shape index (κ2) is 8.01. The van der Waals surface area contributed by atoms with Gasteiger partial charge in [0.25, 0.3) is 0 Å². The van der Waals surface area contributed by atoms with Crippen LogP contribution in [0.25, 0.3) is 0 Å². The molecule has 1 atom stereocenters. The molecule has 2 saturated heterocycles. The van der Waals surface area contributed by atoms with Crippen molar-refractivity contribution in [1.29, 1.82) is 0 Å². The van der Waals surface area contributed by atoms with Crippen molar-refractivity contribution < 1.29 is 9.59 Å². The molecule has 2 aliphatic rings. The molecule has 0 aromatic carbocycles. The highest BCUT2D eigenvalue weighted by atomic mass is 32.1. The maximum Gasteiger partial charge on any atom is 0.317 e. The van der Waals surface area contributed by atoms with Crippen LogP contribution in [0.4, 0.5) is 4.79 Å². The highest BCUT2D eigenvalue weighted by molar-refractivity contribution is 7.07. The molecule has 3 heterocycles. The van der Waals surface area contributed by atoms with Crippen molar-refractivity contribution in [3.05, 3.63) is 22.4 Å². The Labute approximate surface area is 148 Å². The van der Waals surface area contributed by atoms with Gasteiger partial charge in [-0.3, -0.25) is 4.79 Å². The zero-order valence-corrected chi connectivity index (χ0v) is 15.2. The Balaban J connectivity index is 1.42. The van der Waals surface area contributed by atoms with Gasteiger partial charge < -0.3 is 15.1 Å². The standard InChI is InChI=1S/C18H27N3O2S/c1-14(15-7-11-24-13-15)12-19-18(23)20-9-5-16(6-10-20)21-8-3-2-4-17(21)22/h7,11,13-14,16H,2-6,8-10,12H2,1H3,(H,19,23). The molecule has 1 aromatic heterocycles. The average Bonchev–Trinajstić information content (AvgIpc) is 3.15. The summed E-state index contributed by atoms with van der Waals surface area (Å²) in [7, 11) is 0. The van der Waals surface area contributed by atoms with E-state index in [9.17, 15) is 9.59 Å². The fourth-order valence-corrected chi connectivity index (χ4v) is 4.40. The lowest BCUT2D eigenvalue weighted by Gasteiger charge is -2.40. The predicted molar refractivity (Wildman–Crippen MR) is 96.3 cm³/mol. The zero-order valence-electron chi connectivity index (χ0n) is 14.4. The summed E-state index contributed by atoms with van der Waals surface area (Å²) in [6.07, 6.45) is 4.64. The maximum atomic E-state index is 12.4. The molecule has 132 valence electrons. The van der Waals surface area contributed by atoms with E-state index in [2.05, 4.69) is 34.0 Å². The van der Waals surface area contributed by atoms with Gasteiger partial charge in [0.05, 0.1) is 0 Å². The Morgan fingerprint density at radius 2 is 2.12 bits per heavy atom.